The molecule has 0 bridgehead atoms. The molecule has 2 aromatic heterocycles. The Morgan fingerprint density at radius 1 is 0.737 bits per heavy atom. The molecule has 1 aromatic carbocycles. The minimum Gasteiger partial charge on any atom is -0.508 e. The maximum absolute atomic E-state index is 9.85. The van der Waals surface area contributed by atoms with Crippen molar-refractivity contribution < 1.29 is 5.11 Å². The van der Waals surface area contributed by atoms with Crippen LogP contribution in [0.25, 0.3) is 22.6 Å². The lowest BCUT2D eigenvalue weighted by atomic mass is 10.1. The Labute approximate surface area is 111 Å². The average Bonchev–Trinajstić information content (AvgIpc) is 2.48. The molecule has 0 atom stereocenters. The number of nitrogens with zero attached hydrogens (tertiary/aromatic N) is 2. The van der Waals surface area contributed by atoms with E-state index in [0.29, 0.717) is 5.69 Å². The van der Waals surface area contributed by atoms with Gasteiger partial charge in [0.15, 0.2) is 0 Å². The highest BCUT2D eigenvalue weighted by molar-refractivity contribution is 5.66. The summed E-state index contributed by atoms with van der Waals surface area (Å²) in [5, 5.41) is 9.85. The highest BCUT2D eigenvalue weighted by Gasteiger charge is 2.06. The highest BCUT2D eigenvalue weighted by atomic mass is 16.3. The van der Waals surface area contributed by atoms with Crippen molar-refractivity contribution in [1.29, 1.82) is 0 Å². The number of hydrogen-bond acceptors (Lipinski definition) is 3. The second-order valence-corrected chi connectivity index (χ2v) is 4.18. The lowest BCUT2D eigenvalue weighted by molar-refractivity contribution is 0.475. The molecule has 0 aliphatic carbocycles. The van der Waals surface area contributed by atoms with Crippen LogP contribution in [0.15, 0.2) is 66.9 Å². The Bertz CT molecular complexity index is 624. The SMILES string of the molecule is Oc1cc(-c2ccccc2)nc(-c2ccccn2)c1. The number of aromatic nitrogens is 2. The van der Waals surface area contributed by atoms with Gasteiger partial charge in [-0.05, 0) is 12.1 Å². The van der Waals surface area contributed by atoms with Gasteiger partial charge in [0, 0.05) is 23.9 Å². The largest absolute Gasteiger partial charge is 0.508 e. The van der Waals surface area contributed by atoms with Gasteiger partial charge in [0.25, 0.3) is 0 Å². The fraction of sp³-hybridized carbons (Fsp3) is 0. The topological polar surface area (TPSA) is 46.0 Å². The van der Waals surface area contributed by atoms with Crippen LogP contribution < -0.4 is 0 Å². The Morgan fingerprint density at radius 2 is 1.47 bits per heavy atom. The van der Waals surface area contributed by atoms with Crippen LogP contribution in [0.2, 0.25) is 0 Å². The van der Waals surface area contributed by atoms with E-state index in [-0.39, 0.29) is 5.75 Å². The maximum atomic E-state index is 9.85. The molecule has 1 N–H and O–H groups in total. The molecule has 0 amide bonds. The molecule has 0 spiro atoms. The zero-order chi connectivity index (χ0) is 13.1. The third kappa shape index (κ3) is 2.45. The van der Waals surface area contributed by atoms with Crippen molar-refractivity contribution in [3.63, 3.8) is 0 Å². The van der Waals surface area contributed by atoms with E-state index in [0.717, 1.165) is 17.0 Å². The monoisotopic (exact) mass is 248 g/mol. The fourth-order valence-electron chi connectivity index (χ4n) is 1.92. The normalized spacial score (nSPS) is 10.3. The summed E-state index contributed by atoms with van der Waals surface area (Å²) in [4.78, 5) is 8.80. The number of benzene rings is 1. The van der Waals surface area contributed by atoms with E-state index < -0.39 is 0 Å². The predicted octanol–water partition coefficient (Wildman–Crippen LogP) is 3.52. The molecule has 3 aromatic rings. The predicted molar refractivity (Wildman–Crippen MR) is 74.6 cm³/mol. The van der Waals surface area contributed by atoms with Crippen LogP contribution in [0.1, 0.15) is 0 Å². The van der Waals surface area contributed by atoms with E-state index >= 15 is 0 Å². The smallest absolute Gasteiger partial charge is 0.119 e. The summed E-state index contributed by atoms with van der Waals surface area (Å²) >= 11 is 0. The van der Waals surface area contributed by atoms with Crippen molar-refractivity contribution in [3.8, 4) is 28.4 Å². The molecule has 0 saturated heterocycles. The van der Waals surface area contributed by atoms with Crippen LogP contribution >= 0.6 is 0 Å². The summed E-state index contributed by atoms with van der Waals surface area (Å²) in [6.45, 7) is 0. The van der Waals surface area contributed by atoms with Crippen molar-refractivity contribution in [2.45, 2.75) is 0 Å². The average molecular weight is 248 g/mol. The van der Waals surface area contributed by atoms with E-state index in [2.05, 4.69) is 9.97 Å². The summed E-state index contributed by atoms with van der Waals surface area (Å²) in [5.74, 6) is 0.189. The minimum atomic E-state index is 0.189. The standard InChI is InChI=1S/C16H12N2O/c19-13-10-15(12-6-2-1-3-7-12)18-16(11-13)14-8-4-5-9-17-14/h1-11H,(H,18,19). The van der Waals surface area contributed by atoms with Gasteiger partial charge in [0.1, 0.15) is 5.75 Å². The molecule has 92 valence electrons. The summed E-state index contributed by atoms with van der Waals surface area (Å²) in [6.07, 6.45) is 1.71. The van der Waals surface area contributed by atoms with Gasteiger partial charge >= 0.3 is 0 Å². The van der Waals surface area contributed by atoms with E-state index in [1.807, 2.05) is 48.5 Å². The third-order valence-corrected chi connectivity index (χ3v) is 2.81. The molecular formula is C16H12N2O. The van der Waals surface area contributed by atoms with E-state index in [1.165, 1.54) is 0 Å². The van der Waals surface area contributed by atoms with Gasteiger partial charge in [-0.3, -0.25) is 4.98 Å². The summed E-state index contributed by atoms with van der Waals surface area (Å²) in [6, 6.07) is 18.7. The summed E-state index contributed by atoms with van der Waals surface area (Å²) < 4.78 is 0. The fourth-order valence-corrected chi connectivity index (χ4v) is 1.92. The Balaban J connectivity index is 2.12. The molecule has 3 nitrogen and oxygen atoms in total. The van der Waals surface area contributed by atoms with Gasteiger partial charge in [-0.15, -0.1) is 0 Å². The quantitative estimate of drug-likeness (QED) is 0.754. The van der Waals surface area contributed by atoms with Crippen LogP contribution in [0.5, 0.6) is 5.75 Å². The lowest BCUT2D eigenvalue weighted by Gasteiger charge is -2.05. The van der Waals surface area contributed by atoms with Gasteiger partial charge in [0.05, 0.1) is 17.1 Å². The van der Waals surface area contributed by atoms with Gasteiger partial charge in [-0.1, -0.05) is 36.4 Å². The van der Waals surface area contributed by atoms with Crippen molar-refractivity contribution >= 4 is 0 Å². The number of aromatic hydroxyl groups is 1. The molecule has 0 fully saturated rings. The van der Waals surface area contributed by atoms with Crippen LogP contribution in [-0.4, -0.2) is 15.1 Å². The molecule has 2 heterocycles. The Kier molecular flexibility index (Phi) is 2.94. The zero-order valence-electron chi connectivity index (χ0n) is 10.2. The number of hydrogen-bond donors (Lipinski definition) is 1. The van der Waals surface area contributed by atoms with Crippen molar-refractivity contribution in [3.05, 3.63) is 66.9 Å². The molecule has 3 heteroatoms. The molecule has 3 rings (SSSR count). The Hall–Kier alpha value is -2.68. The molecule has 19 heavy (non-hydrogen) atoms. The third-order valence-electron chi connectivity index (χ3n) is 2.81. The first-order chi connectivity index (χ1) is 9.33. The second-order valence-electron chi connectivity index (χ2n) is 4.18. The molecule has 0 aliphatic rings. The molecule has 0 saturated carbocycles. The number of rotatable bonds is 2. The van der Waals surface area contributed by atoms with Gasteiger partial charge in [-0.2, -0.15) is 0 Å². The van der Waals surface area contributed by atoms with Gasteiger partial charge < -0.3 is 5.11 Å². The molecule has 0 aliphatic heterocycles. The first kappa shape index (κ1) is 11.4. The Morgan fingerprint density at radius 3 is 2.21 bits per heavy atom. The van der Waals surface area contributed by atoms with Crippen molar-refractivity contribution in [2.24, 2.45) is 0 Å². The molecular weight excluding hydrogens is 236 g/mol. The van der Waals surface area contributed by atoms with Crippen LogP contribution in [-0.2, 0) is 0 Å². The molecule has 0 unspecified atom stereocenters. The van der Waals surface area contributed by atoms with E-state index in [1.54, 1.807) is 18.3 Å². The van der Waals surface area contributed by atoms with Gasteiger partial charge in [0.2, 0.25) is 0 Å². The van der Waals surface area contributed by atoms with Crippen molar-refractivity contribution in [1.82, 2.24) is 9.97 Å². The van der Waals surface area contributed by atoms with Crippen LogP contribution in [0.4, 0.5) is 0 Å². The summed E-state index contributed by atoms with van der Waals surface area (Å²) in [7, 11) is 0. The van der Waals surface area contributed by atoms with E-state index in [4.69, 9.17) is 0 Å². The first-order valence-corrected chi connectivity index (χ1v) is 6.01. The summed E-state index contributed by atoms with van der Waals surface area (Å²) in [5.41, 5.74) is 3.12. The zero-order valence-corrected chi connectivity index (χ0v) is 10.2. The highest BCUT2D eigenvalue weighted by Crippen LogP contribution is 2.26. The maximum Gasteiger partial charge on any atom is 0.119 e. The lowest BCUT2D eigenvalue weighted by Crippen LogP contribution is -1.90. The van der Waals surface area contributed by atoms with Crippen molar-refractivity contribution in [2.75, 3.05) is 0 Å². The molecule has 0 radical (unpaired) electrons. The van der Waals surface area contributed by atoms with Gasteiger partial charge in [-0.25, -0.2) is 4.98 Å². The van der Waals surface area contributed by atoms with Crippen LogP contribution in [0.3, 0.4) is 0 Å². The number of pyridine rings is 2. The second kappa shape index (κ2) is 4.90. The van der Waals surface area contributed by atoms with Crippen LogP contribution in [0, 0.1) is 0 Å². The van der Waals surface area contributed by atoms with E-state index in [9.17, 15) is 5.11 Å². The first-order valence-electron chi connectivity index (χ1n) is 6.01. The minimum absolute atomic E-state index is 0.189.